The van der Waals surface area contributed by atoms with Crippen LogP contribution < -0.4 is 10.9 Å². The summed E-state index contributed by atoms with van der Waals surface area (Å²) in [5.74, 6) is 0.770. The van der Waals surface area contributed by atoms with Crippen molar-refractivity contribution in [3.05, 3.63) is 70.3 Å². The lowest BCUT2D eigenvalue weighted by Gasteiger charge is -2.21. The van der Waals surface area contributed by atoms with Gasteiger partial charge in [-0.15, -0.1) is 0 Å². The van der Waals surface area contributed by atoms with E-state index in [1.807, 2.05) is 55.5 Å². The lowest BCUT2D eigenvalue weighted by atomic mass is 10.1. The van der Waals surface area contributed by atoms with E-state index in [1.54, 1.807) is 4.57 Å². The molecule has 0 aliphatic rings. The largest absolute Gasteiger partial charge is 0.308 e. The van der Waals surface area contributed by atoms with Crippen LogP contribution in [0.1, 0.15) is 37.7 Å². The summed E-state index contributed by atoms with van der Waals surface area (Å²) in [5.41, 5.74) is 2.75. The fraction of sp³-hybridized carbons (Fsp3) is 0.300. The monoisotopic (exact) mass is 321 g/mol. The summed E-state index contributed by atoms with van der Waals surface area (Å²) < 4.78 is 1.75. The van der Waals surface area contributed by atoms with Crippen LogP contribution in [0.25, 0.3) is 16.6 Å². The molecule has 4 heteroatoms. The fourth-order valence-corrected chi connectivity index (χ4v) is 2.99. The van der Waals surface area contributed by atoms with Gasteiger partial charge in [0.25, 0.3) is 5.56 Å². The van der Waals surface area contributed by atoms with Crippen LogP contribution in [0.3, 0.4) is 0 Å². The Bertz CT molecular complexity index is 897. The molecular formula is C20H23N3O. The predicted octanol–water partition coefficient (Wildman–Crippen LogP) is 3.75. The molecule has 0 aliphatic carbocycles. The highest BCUT2D eigenvalue weighted by atomic mass is 16.1. The van der Waals surface area contributed by atoms with Gasteiger partial charge in [0.1, 0.15) is 5.82 Å². The molecule has 1 aromatic heterocycles. The topological polar surface area (TPSA) is 46.9 Å². The Balaban J connectivity index is 2.33. The van der Waals surface area contributed by atoms with E-state index in [0.29, 0.717) is 5.39 Å². The smallest absolute Gasteiger partial charge is 0.266 e. The van der Waals surface area contributed by atoms with Crippen LogP contribution in [0.5, 0.6) is 0 Å². The molecule has 0 saturated heterocycles. The van der Waals surface area contributed by atoms with Gasteiger partial charge in [0.05, 0.1) is 22.6 Å². The van der Waals surface area contributed by atoms with Gasteiger partial charge in [-0.1, -0.05) is 43.7 Å². The van der Waals surface area contributed by atoms with Gasteiger partial charge in [0.2, 0.25) is 0 Å². The lowest BCUT2D eigenvalue weighted by Crippen LogP contribution is -2.31. The van der Waals surface area contributed by atoms with Crippen molar-refractivity contribution in [1.29, 1.82) is 0 Å². The standard InChI is InChI=1S/C20H23N3O/c1-4-17(21-5-2)19-22-18-9-7-6-8-16(18)20(24)23(19)15-12-10-14(3)11-13-15/h6-13,17,21H,4-5H2,1-3H3. The number of nitrogens with zero attached hydrogens (tertiary/aromatic N) is 2. The second-order valence-electron chi connectivity index (χ2n) is 5.98. The Kier molecular flexibility index (Phi) is 4.76. The van der Waals surface area contributed by atoms with E-state index in [2.05, 4.69) is 19.2 Å². The molecule has 2 aromatic carbocycles. The van der Waals surface area contributed by atoms with Crippen molar-refractivity contribution in [3.63, 3.8) is 0 Å². The summed E-state index contributed by atoms with van der Waals surface area (Å²) in [5, 5.41) is 4.09. The molecule has 4 nitrogen and oxygen atoms in total. The highest BCUT2D eigenvalue weighted by Crippen LogP contribution is 2.20. The van der Waals surface area contributed by atoms with Gasteiger partial charge < -0.3 is 5.32 Å². The fourth-order valence-electron chi connectivity index (χ4n) is 2.99. The summed E-state index contributed by atoms with van der Waals surface area (Å²) in [4.78, 5) is 18.0. The SMILES string of the molecule is CCNC(CC)c1nc2ccccc2c(=O)n1-c1ccc(C)cc1. The third kappa shape index (κ3) is 2.97. The molecule has 124 valence electrons. The van der Waals surface area contributed by atoms with Crippen LogP contribution in [0.4, 0.5) is 0 Å². The molecule has 1 N–H and O–H groups in total. The Morgan fingerprint density at radius 2 is 1.79 bits per heavy atom. The van der Waals surface area contributed by atoms with E-state index in [-0.39, 0.29) is 11.6 Å². The lowest BCUT2D eigenvalue weighted by molar-refractivity contribution is 0.498. The molecule has 1 atom stereocenters. The highest BCUT2D eigenvalue weighted by Gasteiger charge is 2.19. The summed E-state index contributed by atoms with van der Waals surface area (Å²) in [6, 6.07) is 15.6. The maximum atomic E-state index is 13.2. The number of fused-ring (bicyclic) bond motifs is 1. The van der Waals surface area contributed by atoms with E-state index in [1.165, 1.54) is 5.56 Å². The third-order valence-corrected chi connectivity index (χ3v) is 4.26. The van der Waals surface area contributed by atoms with Crippen LogP contribution in [-0.4, -0.2) is 16.1 Å². The minimum Gasteiger partial charge on any atom is -0.308 e. The second kappa shape index (κ2) is 6.97. The van der Waals surface area contributed by atoms with E-state index in [0.717, 1.165) is 30.0 Å². The van der Waals surface area contributed by atoms with Gasteiger partial charge in [-0.05, 0) is 44.2 Å². The first-order valence-electron chi connectivity index (χ1n) is 8.47. The minimum atomic E-state index is -0.0178. The van der Waals surface area contributed by atoms with Crippen molar-refractivity contribution in [3.8, 4) is 5.69 Å². The number of hydrogen-bond donors (Lipinski definition) is 1. The Labute approximate surface area is 142 Å². The zero-order chi connectivity index (χ0) is 17.1. The van der Waals surface area contributed by atoms with Crippen molar-refractivity contribution in [1.82, 2.24) is 14.9 Å². The normalized spacial score (nSPS) is 12.5. The molecule has 0 spiro atoms. The number of aryl methyl sites for hydroxylation is 1. The van der Waals surface area contributed by atoms with Crippen molar-refractivity contribution < 1.29 is 0 Å². The van der Waals surface area contributed by atoms with Crippen LogP contribution in [0, 0.1) is 6.92 Å². The summed E-state index contributed by atoms with van der Waals surface area (Å²) in [7, 11) is 0. The van der Waals surface area contributed by atoms with Gasteiger partial charge in [0, 0.05) is 0 Å². The Morgan fingerprint density at radius 1 is 1.08 bits per heavy atom. The van der Waals surface area contributed by atoms with Gasteiger partial charge in [-0.25, -0.2) is 4.98 Å². The van der Waals surface area contributed by atoms with Crippen molar-refractivity contribution >= 4 is 10.9 Å². The molecule has 0 aliphatic heterocycles. The first-order chi connectivity index (χ1) is 11.7. The number of benzene rings is 2. The maximum Gasteiger partial charge on any atom is 0.266 e. The quantitative estimate of drug-likeness (QED) is 0.778. The van der Waals surface area contributed by atoms with Crippen LogP contribution in [0.15, 0.2) is 53.3 Å². The van der Waals surface area contributed by atoms with Crippen molar-refractivity contribution in [2.24, 2.45) is 0 Å². The Hall–Kier alpha value is -2.46. The molecule has 24 heavy (non-hydrogen) atoms. The van der Waals surface area contributed by atoms with E-state index >= 15 is 0 Å². The average molecular weight is 321 g/mol. The Morgan fingerprint density at radius 3 is 2.46 bits per heavy atom. The highest BCUT2D eigenvalue weighted by molar-refractivity contribution is 5.77. The first kappa shape index (κ1) is 16.4. The molecule has 0 saturated carbocycles. The predicted molar refractivity (Wildman–Crippen MR) is 98.8 cm³/mol. The number of aromatic nitrogens is 2. The van der Waals surface area contributed by atoms with Crippen LogP contribution in [0.2, 0.25) is 0 Å². The van der Waals surface area contributed by atoms with Gasteiger partial charge in [-0.3, -0.25) is 9.36 Å². The molecule has 0 bridgehead atoms. The molecule has 1 heterocycles. The summed E-state index contributed by atoms with van der Waals surface area (Å²) in [6.45, 7) is 7.04. The van der Waals surface area contributed by atoms with Crippen LogP contribution >= 0.6 is 0 Å². The molecule has 3 aromatic rings. The second-order valence-corrected chi connectivity index (χ2v) is 5.98. The number of hydrogen-bond acceptors (Lipinski definition) is 3. The number of para-hydroxylation sites is 1. The minimum absolute atomic E-state index is 0.0178. The van der Waals surface area contributed by atoms with E-state index in [9.17, 15) is 4.79 Å². The molecular weight excluding hydrogens is 298 g/mol. The number of rotatable bonds is 5. The van der Waals surface area contributed by atoms with Crippen molar-refractivity contribution in [2.45, 2.75) is 33.2 Å². The molecule has 0 amide bonds. The number of nitrogens with one attached hydrogen (secondary N) is 1. The van der Waals surface area contributed by atoms with Gasteiger partial charge in [-0.2, -0.15) is 0 Å². The van der Waals surface area contributed by atoms with Gasteiger partial charge >= 0.3 is 0 Å². The molecule has 0 radical (unpaired) electrons. The van der Waals surface area contributed by atoms with Crippen molar-refractivity contribution in [2.75, 3.05) is 6.54 Å². The summed E-state index contributed by atoms with van der Waals surface area (Å²) >= 11 is 0. The first-order valence-corrected chi connectivity index (χ1v) is 8.47. The average Bonchev–Trinajstić information content (AvgIpc) is 2.61. The summed E-state index contributed by atoms with van der Waals surface area (Å²) in [6.07, 6.45) is 0.866. The maximum absolute atomic E-state index is 13.2. The molecule has 3 rings (SSSR count). The van der Waals surface area contributed by atoms with Gasteiger partial charge in [0.15, 0.2) is 0 Å². The third-order valence-electron chi connectivity index (χ3n) is 4.26. The van der Waals surface area contributed by atoms with Crippen LogP contribution in [-0.2, 0) is 0 Å². The zero-order valence-corrected chi connectivity index (χ0v) is 14.4. The van der Waals surface area contributed by atoms with E-state index in [4.69, 9.17) is 4.98 Å². The van der Waals surface area contributed by atoms with E-state index < -0.39 is 0 Å². The molecule has 0 fully saturated rings. The molecule has 1 unspecified atom stereocenters. The zero-order valence-electron chi connectivity index (χ0n) is 14.4.